The highest BCUT2D eigenvalue weighted by molar-refractivity contribution is 6.03. The van der Waals surface area contributed by atoms with Gasteiger partial charge >= 0.3 is 0 Å². The third-order valence-corrected chi connectivity index (χ3v) is 6.32. The lowest BCUT2D eigenvalue weighted by Gasteiger charge is -2.48. The number of anilines is 1. The van der Waals surface area contributed by atoms with E-state index in [1.807, 2.05) is 24.3 Å². The van der Waals surface area contributed by atoms with Gasteiger partial charge in [0.15, 0.2) is 0 Å². The van der Waals surface area contributed by atoms with E-state index in [1.54, 1.807) is 29.2 Å². The summed E-state index contributed by atoms with van der Waals surface area (Å²) in [4.78, 5) is 14.9. The van der Waals surface area contributed by atoms with Crippen LogP contribution in [0, 0.1) is 17.6 Å². The van der Waals surface area contributed by atoms with E-state index in [0.717, 1.165) is 35.3 Å². The number of allylic oxidation sites excluding steroid dienone is 1. The van der Waals surface area contributed by atoms with E-state index in [9.17, 15) is 13.6 Å². The number of hydrogen-bond donors (Lipinski definition) is 0. The number of benzene rings is 3. The lowest BCUT2D eigenvalue weighted by Crippen LogP contribution is -2.55. The molecule has 3 nitrogen and oxygen atoms in total. The molecule has 3 aromatic rings. The summed E-state index contributed by atoms with van der Waals surface area (Å²) in [5.41, 5.74) is 3.41. The van der Waals surface area contributed by atoms with Crippen molar-refractivity contribution in [3.05, 3.63) is 102 Å². The molecule has 0 aliphatic carbocycles. The van der Waals surface area contributed by atoms with Crippen LogP contribution in [0.2, 0.25) is 0 Å². The van der Waals surface area contributed by atoms with Crippen molar-refractivity contribution >= 4 is 17.2 Å². The molecule has 4 rings (SSSR count). The maximum absolute atomic E-state index is 13.5. The van der Waals surface area contributed by atoms with Crippen molar-refractivity contribution in [3.8, 4) is 5.75 Å². The van der Waals surface area contributed by atoms with Gasteiger partial charge in [-0.2, -0.15) is 0 Å². The van der Waals surface area contributed by atoms with Gasteiger partial charge in [0.05, 0.1) is 18.6 Å². The molecule has 0 N–H and O–H groups in total. The molecule has 1 aliphatic heterocycles. The van der Waals surface area contributed by atoms with Crippen molar-refractivity contribution in [2.45, 2.75) is 38.6 Å². The molecule has 0 spiro atoms. The van der Waals surface area contributed by atoms with E-state index < -0.39 is 0 Å². The number of carbonyl (C=O) groups excluding carboxylic acids is 1. The van der Waals surface area contributed by atoms with E-state index in [2.05, 4.69) is 13.5 Å². The highest BCUT2D eigenvalue weighted by Gasteiger charge is 2.48. The zero-order chi connectivity index (χ0) is 24.1. The van der Waals surface area contributed by atoms with Crippen LogP contribution >= 0.6 is 0 Å². The van der Waals surface area contributed by atoms with Crippen molar-refractivity contribution in [3.63, 3.8) is 0 Å². The van der Waals surface area contributed by atoms with Gasteiger partial charge in [0.25, 0.3) is 0 Å². The van der Waals surface area contributed by atoms with Gasteiger partial charge in [-0.3, -0.25) is 4.79 Å². The van der Waals surface area contributed by atoms with Crippen LogP contribution in [0.5, 0.6) is 5.75 Å². The molecule has 1 amide bonds. The number of carbonyl (C=O) groups is 1. The minimum Gasteiger partial charge on any atom is -0.494 e. The van der Waals surface area contributed by atoms with E-state index in [1.165, 1.54) is 24.3 Å². The molecule has 1 fully saturated rings. The number of amides is 1. The molecule has 0 bridgehead atoms. The normalized spacial score (nSPS) is 17.4. The molecule has 5 heteroatoms. The van der Waals surface area contributed by atoms with Crippen LogP contribution in [0.4, 0.5) is 14.5 Å². The van der Waals surface area contributed by atoms with E-state index in [-0.39, 0.29) is 29.5 Å². The van der Waals surface area contributed by atoms with E-state index in [4.69, 9.17) is 4.74 Å². The lowest BCUT2D eigenvalue weighted by atomic mass is 9.78. The Morgan fingerprint density at radius 1 is 0.941 bits per heavy atom. The molecule has 2 atom stereocenters. The second-order valence-corrected chi connectivity index (χ2v) is 8.66. The summed E-state index contributed by atoms with van der Waals surface area (Å²) in [5.74, 6) is -0.0461. The Labute approximate surface area is 199 Å². The predicted octanol–water partition coefficient (Wildman–Crippen LogP) is 7.34. The largest absolute Gasteiger partial charge is 0.494 e. The summed E-state index contributed by atoms with van der Waals surface area (Å²) in [6.07, 6.45) is 3.30. The van der Waals surface area contributed by atoms with Gasteiger partial charge in [0.2, 0.25) is 5.91 Å². The van der Waals surface area contributed by atoms with Crippen LogP contribution in [0.1, 0.15) is 49.8 Å². The molecule has 0 radical (unpaired) electrons. The summed E-state index contributed by atoms with van der Waals surface area (Å²) in [6, 6.07) is 20.0. The van der Waals surface area contributed by atoms with Crippen molar-refractivity contribution < 1.29 is 18.3 Å². The SMILES string of the molecule is C=C(CC[C@H]1C(=O)N(c2ccc(F)cc2)[C@@H]1c1ccc(OCCCC)cc1)c1ccc(F)cc1. The Morgan fingerprint density at radius 2 is 1.56 bits per heavy atom. The van der Waals surface area contributed by atoms with Crippen LogP contribution < -0.4 is 9.64 Å². The minimum atomic E-state index is -0.339. The standard InChI is InChI=1S/C29H29F2NO2/c1-3-4-19-34-26-16-8-22(9-17-26)28-27(18-5-20(2)21-6-10-23(30)11-7-21)29(33)32(28)25-14-12-24(31)13-15-25/h6-17,27-28H,2-5,18-19H2,1H3/t27-,28-/m1/s1. The zero-order valence-electron chi connectivity index (χ0n) is 19.3. The molecule has 0 unspecified atom stereocenters. The fourth-order valence-corrected chi connectivity index (χ4v) is 4.36. The number of rotatable bonds is 10. The topological polar surface area (TPSA) is 29.5 Å². The van der Waals surface area contributed by atoms with Crippen LogP contribution in [0.15, 0.2) is 79.4 Å². The third kappa shape index (κ3) is 5.19. The molecule has 1 aliphatic rings. The summed E-state index contributed by atoms with van der Waals surface area (Å²) in [5, 5.41) is 0. The number of β-lactam (4-membered cyclic amide) rings is 1. The van der Waals surface area contributed by atoms with Gasteiger partial charge in [-0.1, -0.05) is 44.2 Å². The molecular weight excluding hydrogens is 432 g/mol. The van der Waals surface area contributed by atoms with Gasteiger partial charge in [0, 0.05) is 5.69 Å². The molecule has 176 valence electrons. The number of hydrogen-bond acceptors (Lipinski definition) is 2. The van der Waals surface area contributed by atoms with Gasteiger partial charge in [0.1, 0.15) is 17.4 Å². The fourth-order valence-electron chi connectivity index (χ4n) is 4.36. The molecule has 0 saturated carbocycles. The second-order valence-electron chi connectivity index (χ2n) is 8.66. The first-order chi connectivity index (χ1) is 16.5. The molecular formula is C29H29F2NO2. The molecule has 34 heavy (non-hydrogen) atoms. The molecule has 1 saturated heterocycles. The number of ether oxygens (including phenoxy) is 1. The smallest absolute Gasteiger partial charge is 0.233 e. The van der Waals surface area contributed by atoms with Crippen molar-refractivity contribution in [2.75, 3.05) is 11.5 Å². The number of unbranched alkanes of at least 4 members (excludes halogenated alkanes) is 1. The van der Waals surface area contributed by atoms with Crippen LogP contribution in [0.25, 0.3) is 5.57 Å². The summed E-state index contributed by atoms with van der Waals surface area (Å²) in [6.45, 7) is 6.93. The van der Waals surface area contributed by atoms with Crippen molar-refractivity contribution in [2.24, 2.45) is 5.92 Å². The third-order valence-electron chi connectivity index (χ3n) is 6.32. The predicted molar refractivity (Wildman–Crippen MR) is 132 cm³/mol. The Kier molecular flexibility index (Phi) is 7.41. The molecule has 1 heterocycles. The van der Waals surface area contributed by atoms with Crippen LogP contribution in [-0.4, -0.2) is 12.5 Å². The van der Waals surface area contributed by atoms with Gasteiger partial charge in [-0.15, -0.1) is 0 Å². The average Bonchev–Trinajstić information content (AvgIpc) is 2.85. The van der Waals surface area contributed by atoms with Crippen molar-refractivity contribution in [1.82, 2.24) is 0 Å². The Morgan fingerprint density at radius 3 is 2.18 bits per heavy atom. The van der Waals surface area contributed by atoms with Crippen LogP contribution in [-0.2, 0) is 4.79 Å². The average molecular weight is 462 g/mol. The van der Waals surface area contributed by atoms with E-state index >= 15 is 0 Å². The molecule has 3 aromatic carbocycles. The van der Waals surface area contributed by atoms with E-state index in [0.29, 0.717) is 25.1 Å². The highest BCUT2D eigenvalue weighted by Crippen LogP contribution is 2.46. The summed E-state index contributed by atoms with van der Waals surface area (Å²) < 4.78 is 32.5. The minimum absolute atomic E-state index is 0.00628. The maximum atomic E-state index is 13.5. The summed E-state index contributed by atoms with van der Waals surface area (Å²) >= 11 is 0. The van der Waals surface area contributed by atoms with Gasteiger partial charge < -0.3 is 9.64 Å². The Bertz CT molecular complexity index is 1120. The number of nitrogens with zero attached hydrogens (tertiary/aromatic N) is 1. The highest BCUT2D eigenvalue weighted by atomic mass is 19.1. The van der Waals surface area contributed by atoms with Crippen molar-refractivity contribution in [1.29, 1.82) is 0 Å². The molecule has 0 aromatic heterocycles. The lowest BCUT2D eigenvalue weighted by molar-refractivity contribution is -0.130. The zero-order valence-corrected chi connectivity index (χ0v) is 19.3. The Balaban J connectivity index is 1.52. The maximum Gasteiger partial charge on any atom is 0.233 e. The first kappa shape index (κ1) is 23.7. The fraction of sp³-hybridized carbons (Fsp3) is 0.276. The van der Waals surface area contributed by atoms with Gasteiger partial charge in [-0.05, 0) is 84.5 Å². The summed E-state index contributed by atoms with van der Waals surface area (Å²) in [7, 11) is 0. The van der Waals surface area contributed by atoms with Gasteiger partial charge in [-0.25, -0.2) is 8.78 Å². The second kappa shape index (κ2) is 10.6. The van der Waals surface area contributed by atoms with Crippen LogP contribution in [0.3, 0.4) is 0 Å². The number of halogens is 2. The Hall–Kier alpha value is -3.47. The first-order valence-electron chi connectivity index (χ1n) is 11.7. The monoisotopic (exact) mass is 461 g/mol. The first-order valence-corrected chi connectivity index (χ1v) is 11.7. The quantitative estimate of drug-likeness (QED) is 0.233.